The first-order chi connectivity index (χ1) is 11.5. The lowest BCUT2D eigenvalue weighted by molar-refractivity contribution is 0.176. The fraction of sp³-hybridized carbons (Fsp3) is 0.294. The molecule has 1 saturated heterocycles. The first kappa shape index (κ1) is 15.7. The molecule has 2 aromatic carbocycles. The predicted molar refractivity (Wildman–Crippen MR) is 90.4 cm³/mol. The van der Waals surface area contributed by atoms with Crippen LogP contribution in [-0.4, -0.2) is 27.6 Å². The van der Waals surface area contributed by atoms with Crippen molar-refractivity contribution in [1.29, 1.82) is 0 Å². The molecule has 0 aliphatic carbocycles. The van der Waals surface area contributed by atoms with Gasteiger partial charge in [-0.2, -0.15) is 8.42 Å². The van der Waals surface area contributed by atoms with Gasteiger partial charge in [-0.05, 0) is 31.2 Å². The Balaban J connectivity index is 1.62. The molecule has 0 saturated carbocycles. The highest BCUT2D eigenvalue weighted by Crippen LogP contribution is 2.43. The summed E-state index contributed by atoms with van der Waals surface area (Å²) in [4.78, 5) is -0.0500. The molecule has 126 valence electrons. The van der Waals surface area contributed by atoms with Gasteiger partial charge in [0.1, 0.15) is 22.5 Å². The molecule has 4 rings (SSSR count). The molecule has 2 aliphatic heterocycles. The lowest BCUT2D eigenvalue weighted by Gasteiger charge is -2.24. The van der Waals surface area contributed by atoms with Crippen molar-refractivity contribution in [3.8, 4) is 11.5 Å². The summed E-state index contributed by atoms with van der Waals surface area (Å²) in [6, 6.07) is 11.4. The maximum atomic E-state index is 12.4. The Morgan fingerprint density at radius 3 is 2.88 bits per heavy atom. The van der Waals surface area contributed by atoms with Gasteiger partial charge in [0.25, 0.3) is 0 Å². The topological polar surface area (TPSA) is 64.6 Å². The van der Waals surface area contributed by atoms with E-state index in [4.69, 9.17) is 20.5 Å². The maximum Gasteiger partial charge on any atom is 0.340 e. The number of fused-ring (bicyclic) bond motifs is 3. The van der Waals surface area contributed by atoms with Crippen molar-refractivity contribution in [2.24, 2.45) is 0 Å². The molecule has 0 radical (unpaired) electrons. The Kier molecular flexibility index (Phi) is 3.90. The van der Waals surface area contributed by atoms with E-state index in [9.17, 15) is 8.42 Å². The van der Waals surface area contributed by atoms with Crippen LogP contribution >= 0.6 is 11.6 Å². The van der Waals surface area contributed by atoms with Crippen LogP contribution in [-0.2, 0) is 10.1 Å². The quantitative estimate of drug-likeness (QED) is 0.847. The van der Waals surface area contributed by atoms with Gasteiger partial charge in [0.2, 0.25) is 0 Å². The smallest absolute Gasteiger partial charge is 0.340 e. The zero-order chi connectivity index (χ0) is 16.7. The Morgan fingerprint density at radius 1 is 1.21 bits per heavy atom. The number of ether oxygens (including phenoxy) is 1. The molecule has 2 aliphatic rings. The van der Waals surface area contributed by atoms with Crippen LogP contribution < -0.4 is 14.2 Å². The Morgan fingerprint density at radius 2 is 2.04 bits per heavy atom. The molecular formula is C17H16ClNO4S. The van der Waals surface area contributed by atoms with Crippen molar-refractivity contribution in [1.82, 2.24) is 5.32 Å². The summed E-state index contributed by atoms with van der Waals surface area (Å²) in [7, 11) is -3.99. The van der Waals surface area contributed by atoms with E-state index in [1.54, 1.807) is 24.3 Å². The molecule has 0 amide bonds. The monoisotopic (exact) mass is 365 g/mol. The highest BCUT2D eigenvalue weighted by molar-refractivity contribution is 7.87. The van der Waals surface area contributed by atoms with E-state index in [1.807, 2.05) is 6.07 Å². The average molecular weight is 366 g/mol. The van der Waals surface area contributed by atoms with Crippen LogP contribution in [0, 0.1) is 0 Å². The van der Waals surface area contributed by atoms with Crippen molar-refractivity contribution < 1.29 is 17.3 Å². The number of benzene rings is 2. The molecule has 0 aromatic heterocycles. The summed E-state index contributed by atoms with van der Waals surface area (Å²) in [6.45, 7) is 1.76. The van der Waals surface area contributed by atoms with E-state index in [0.29, 0.717) is 11.7 Å². The number of hydrogen-bond donors (Lipinski definition) is 1. The normalized spacial score (nSPS) is 22.4. The highest BCUT2D eigenvalue weighted by Gasteiger charge is 2.36. The molecule has 0 bridgehead atoms. The molecular weight excluding hydrogens is 350 g/mol. The number of halogens is 1. The van der Waals surface area contributed by atoms with E-state index in [2.05, 4.69) is 5.32 Å². The van der Waals surface area contributed by atoms with Gasteiger partial charge in [0.05, 0.1) is 5.02 Å². The maximum absolute atomic E-state index is 12.4. The number of nitrogens with one attached hydrogen (secondary N) is 1. The summed E-state index contributed by atoms with van der Waals surface area (Å²) in [5.41, 5.74) is 1.11. The van der Waals surface area contributed by atoms with Crippen LogP contribution in [0.15, 0.2) is 47.4 Å². The second-order valence-corrected chi connectivity index (χ2v) is 7.85. The molecule has 0 spiro atoms. The van der Waals surface area contributed by atoms with Crippen molar-refractivity contribution in [2.75, 3.05) is 13.1 Å². The lowest BCUT2D eigenvalue weighted by Crippen LogP contribution is -2.39. The third-order valence-electron chi connectivity index (χ3n) is 4.40. The second-order valence-electron chi connectivity index (χ2n) is 5.92. The van der Waals surface area contributed by atoms with Crippen LogP contribution in [0.25, 0.3) is 0 Å². The Labute approximate surface area is 145 Å². The minimum Gasteiger partial charge on any atom is -0.488 e. The molecule has 1 N–H and O–H groups in total. The minimum atomic E-state index is -3.99. The zero-order valence-electron chi connectivity index (χ0n) is 12.7. The standard InChI is InChI=1S/C17H16ClNO4S/c18-14-3-1-2-4-17(14)24(20,21)23-11-5-6-12-13-7-8-19-10-16(13)22-15(12)9-11/h1-6,9,13,16,19H,7-8,10H2. The van der Waals surface area contributed by atoms with Gasteiger partial charge in [-0.1, -0.05) is 29.8 Å². The minimum absolute atomic E-state index is 0.0500. The van der Waals surface area contributed by atoms with Gasteiger partial charge in [-0.25, -0.2) is 0 Å². The summed E-state index contributed by atoms with van der Waals surface area (Å²) in [5.74, 6) is 1.27. The molecule has 2 atom stereocenters. The SMILES string of the molecule is O=S(=O)(Oc1ccc2c(c1)OC1CNCCC21)c1ccccc1Cl. The number of piperidine rings is 1. The molecule has 2 aromatic rings. The van der Waals surface area contributed by atoms with Crippen LogP contribution in [0.2, 0.25) is 5.02 Å². The van der Waals surface area contributed by atoms with Crippen molar-refractivity contribution in [3.63, 3.8) is 0 Å². The fourth-order valence-electron chi connectivity index (χ4n) is 3.27. The first-order valence-electron chi connectivity index (χ1n) is 7.75. The largest absolute Gasteiger partial charge is 0.488 e. The van der Waals surface area contributed by atoms with Gasteiger partial charge in [0.15, 0.2) is 0 Å². The summed E-state index contributed by atoms with van der Waals surface area (Å²) in [5, 5.41) is 3.44. The van der Waals surface area contributed by atoms with Crippen LogP contribution in [0.1, 0.15) is 17.9 Å². The fourth-order valence-corrected chi connectivity index (χ4v) is 4.68. The third kappa shape index (κ3) is 2.75. The highest BCUT2D eigenvalue weighted by atomic mass is 35.5. The van der Waals surface area contributed by atoms with Gasteiger partial charge < -0.3 is 14.2 Å². The van der Waals surface area contributed by atoms with Crippen molar-refractivity contribution in [2.45, 2.75) is 23.3 Å². The van der Waals surface area contributed by atoms with Gasteiger partial charge in [-0.3, -0.25) is 0 Å². The van der Waals surface area contributed by atoms with Crippen LogP contribution in [0.5, 0.6) is 11.5 Å². The van der Waals surface area contributed by atoms with Gasteiger partial charge >= 0.3 is 10.1 Å². The summed E-state index contributed by atoms with van der Waals surface area (Å²) < 4.78 is 36.0. The average Bonchev–Trinajstić information content (AvgIpc) is 2.92. The van der Waals surface area contributed by atoms with E-state index < -0.39 is 10.1 Å². The number of rotatable bonds is 3. The van der Waals surface area contributed by atoms with E-state index in [1.165, 1.54) is 12.1 Å². The molecule has 1 fully saturated rings. The molecule has 24 heavy (non-hydrogen) atoms. The number of hydrogen-bond acceptors (Lipinski definition) is 5. The second kappa shape index (κ2) is 5.95. The van der Waals surface area contributed by atoms with Gasteiger partial charge in [-0.15, -0.1) is 0 Å². The molecule has 5 nitrogen and oxygen atoms in total. The molecule has 2 heterocycles. The first-order valence-corrected chi connectivity index (χ1v) is 9.53. The molecule has 2 unspecified atom stereocenters. The van der Waals surface area contributed by atoms with Crippen LogP contribution in [0.4, 0.5) is 0 Å². The van der Waals surface area contributed by atoms with E-state index in [-0.39, 0.29) is 21.8 Å². The predicted octanol–water partition coefficient (Wildman–Crippen LogP) is 2.95. The zero-order valence-corrected chi connectivity index (χ0v) is 14.3. The van der Waals surface area contributed by atoms with Gasteiger partial charge in [0, 0.05) is 24.1 Å². The Hall–Kier alpha value is -1.76. The Bertz CT molecular complexity index is 884. The molecule has 7 heteroatoms. The van der Waals surface area contributed by atoms with E-state index >= 15 is 0 Å². The van der Waals surface area contributed by atoms with E-state index in [0.717, 1.165) is 25.1 Å². The summed E-state index contributed by atoms with van der Waals surface area (Å²) in [6.07, 6.45) is 1.11. The van der Waals surface area contributed by atoms with Crippen molar-refractivity contribution in [3.05, 3.63) is 53.1 Å². The lowest BCUT2D eigenvalue weighted by atomic mass is 9.90. The van der Waals surface area contributed by atoms with Crippen molar-refractivity contribution >= 4 is 21.7 Å². The summed E-state index contributed by atoms with van der Waals surface area (Å²) >= 11 is 5.96. The third-order valence-corrected chi connectivity index (χ3v) is 6.15. The van der Waals surface area contributed by atoms with Crippen LogP contribution in [0.3, 0.4) is 0 Å².